The average Bonchev–Trinajstić information content (AvgIpc) is 2.91. The van der Waals surface area contributed by atoms with Crippen LogP contribution in [-0.4, -0.2) is 32.5 Å². The van der Waals surface area contributed by atoms with Crippen LogP contribution in [0.4, 0.5) is 5.69 Å². The highest BCUT2D eigenvalue weighted by Crippen LogP contribution is 2.20. The molecule has 1 aromatic heterocycles. The van der Waals surface area contributed by atoms with E-state index in [4.69, 9.17) is 11.6 Å². The lowest BCUT2D eigenvalue weighted by molar-refractivity contribution is -0.884. The Morgan fingerprint density at radius 2 is 1.87 bits per heavy atom. The predicted molar refractivity (Wildman–Crippen MR) is 93.2 cm³/mol. The first kappa shape index (κ1) is 17.5. The van der Waals surface area contributed by atoms with Crippen LogP contribution in [0.1, 0.15) is 15.2 Å². The number of carbonyl (C=O) groups is 2. The summed E-state index contributed by atoms with van der Waals surface area (Å²) in [5, 5.41) is 5.39. The second kappa shape index (κ2) is 8.10. The summed E-state index contributed by atoms with van der Waals surface area (Å²) >= 11 is 7.43. The second-order valence-electron chi connectivity index (χ2n) is 5.22. The minimum Gasteiger partial charge on any atom is -0.355 e. The summed E-state index contributed by atoms with van der Waals surface area (Å²) in [7, 11) is 3.54. The first-order valence-electron chi connectivity index (χ1n) is 7.15. The van der Waals surface area contributed by atoms with Gasteiger partial charge in [0.05, 0.1) is 16.3 Å². The van der Waals surface area contributed by atoms with E-state index in [0.717, 1.165) is 20.7 Å². The maximum Gasteiger partial charge on any atom is 0.279 e. The Bertz CT molecular complexity index is 685. The summed E-state index contributed by atoms with van der Waals surface area (Å²) in [5.41, 5.74) is 1.23. The van der Waals surface area contributed by atoms with Gasteiger partial charge in [-0.2, -0.15) is 0 Å². The van der Waals surface area contributed by atoms with Crippen molar-refractivity contribution in [3.05, 3.63) is 51.2 Å². The van der Waals surface area contributed by atoms with E-state index in [9.17, 15) is 9.59 Å². The van der Waals surface area contributed by atoms with Gasteiger partial charge in [0.1, 0.15) is 6.54 Å². The minimum absolute atomic E-state index is 0.0714. The smallest absolute Gasteiger partial charge is 0.279 e. The lowest BCUT2D eigenvalue weighted by Crippen LogP contribution is -3.08. The van der Waals surface area contributed by atoms with Crippen LogP contribution in [0.15, 0.2) is 36.4 Å². The number of hydrogen-bond acceptors (Lipinski definition) is 3. The Labute approximate surface area is 144 Å². The van der Waals surface area contributed by atoms with Gasteiger partial charge < -0.3 is 15.5 Å². The fraction of sp³-hybridized carbons (Fsp3) is 0.250. The third-order valence-corrected chi connectivity index (χ3v) is 4.46. The van der Waals surface area contributed by atoms with E-state index in [0.29, 0.717) is 17.8 Å². The number of amides is 2. The molecule has 3 N–H and O–H groups in total. The Morgan fingerprint density at radius 1 is 1.17 bits per heavy atom. The largest absolute Gasteiger partial charge is 0.355 e. The molecule has 2 amide bonds. The molecule has 0 saturated heterocycles. The molecule has 2 rings (SSSR count). The van der Waals surface area contributed by atoms with Crippen molar-refractivity contribution >= 4 is 40.4 Å². The highest BCUT2D eigenvalue weighted by atomic mass is 35.5. The zero-order valence-electron chi connectivity index (χ0n) is 13.0. The number of quaternary nitrogens is 1. The van der Waals surface area contributed by atoms with Crippen molar-refractivity contribution in [3.63, 3.8) is 0 Å². The van der Waals surface area contributed by atoms with Gasteiger partial charge in [-0.3, -0.25) is 9.59 Å². The molecule has 0 fully saturated rings. The van der Waals surface area contributed by atoms with Gasteiger partial charge in [0, 0.05) is 18.3 Å². The van der Waals surface area contributed by atoms with Crippen LogP contribution < -0.4 is 15.5 Å². The molecule has 23 heavy (non-hydrogen) atoms. The molecular weight excluding hydrogens is 334 g/mol. The number of hydrogen-bond donors (Lipinski definition) is 3. The van der Waals surface area contributed by atoms with Crippen molar-refractivity contribution < 1.29 is 14.5 Å². The molecule has 0 radical (unpaired) electrons. The molecule has 0 saturated carbocycles. The van der Waals surface area contributed by atoms with Crippen molar-refractivity contribution in [2.45, 2.75) is 6.54 Å². The minimum atomic E-state index is -0.151. The molecule has 1 aromatic carbocycles. The van der Waals surface area contributed by atoms with Gasteiger partial charge in [0.2, 0.25) is 0 Å². The Kier molecular flexibility index (Phi) is 6.15. The molecule has 7 heteroatoms. The number of anilines is 1. The van der Waals surface area contributed by atoms with Gasteiger partial charge in [-0.15, -0.1) is 11.3 Å². The highest BCUT2D eigenvalue weighted by molar-refractivity contribution is 7.16. The quantitative estimate of drug-likeness (QED) is 0.736. The van der Waals surface area contributed by atoms with Crippen LogP contribution in [-0.2, 0) is 11.3 Å². The lowest BCUT2D eigenvalue weighted by Gasteiger charge is -2.13. The topological polar surface area (TPSA) is 62.6 Å². The van der Waals surface area contributed by atoms with Crippen molar-refractivity contribution in [2.75, 3.05) is 26.0 Å². The zero-order valence-corrected chi connectivity index (χ0v) is 14.6. The highest BCUT2D eigenvalue weighted by Gasteiger charge is 2.12. The number of benzene rings is 1. The zero-order chi connectivity index (χ0) is 16.8. The van der Waals surface area contributed by atoms with Gasteiger partial charge in [0.25, 0.3) is 11.8 Å². The van der Waals surface area contributed by atoms with E-state index >= 15 is 0 Å². The van der Waals surface area contributed by atoms with E-state index in [1.165, 1.54) is 11.3 Å². The number of likely N-dealkylation sites (N-methyl/N-ethyl adjacent to an activating group) is 1. The fourth-order valence-electron chi connectivity index (χ4n) is 2.14. The number of nitrogens with one attached hydrogen (secondary N) is 3. The van der Waals surface area contributed by atoms with E-state index in [1.54, 1.807) is 31.3 Å². The van der Waals surface area contributed by atoms with E-state index < -0.39 is 0 Å². The summed E-state index contributed by atoms with van der Waals surface area (Å²) in [6.45, 7) is 1.10. The summed E-state index contributed by atoms with van der Waals surface area (Å²) in [4.78, 5) is 25.7. The lowest BCUT2D eigenvalue weighted by atomic mass is 10.2. The SMILES string of the molecule is CNC(=O)c1ccc(NC(=O)C[NH+](C)Cc2ccc(Cl)s2)cc1. The number of rotatable bonds is 6. The van der Waals surface area contributed by atoms with Crippen LogP contribution >= 0.6 is 22.9 Å². The summed E-state index contributed by atoms with van der Waals surface area (Å²) < 4.78 is 0.758. The number of halogens is 1. The molecule has 5 nitrogen and oxygen atoms in total. The van der Waals surface area contributed by atoms with Crippen molar-refractivity contribution in [2.24, 2.45) is 0 Å². The second-order valence-corrected chi connectivity index (χ2v) is 7.02. The Morgan fingerprint density at radius 3 is 2.43 bits per heavy atom. The molecule has 0 spiro atoms. The van der Waals surface area contributed by atoms with Crippen LogP contribution in [0.25, 0.3) is 0 Å². The molecule has 2 aromatic rings. The van der Waals surface area contributed by atoms with Gasteiger partial charge in [0.15, 0.2) is 6.54 Å². The average molecular weight is 353 g/mol. The summed E-state index contributed by atoms with van der Waals surface area (Å²) in [5.74, 6) is -0.223. The third-order valence-electron chi connectivity index (χ3n) is 3.23. The van der Waals surface area contributed by atoms with Gasteiger partial charge >= 0.3 is 0 Å². The normalized spacial score (nSPS) is 11.8. The van der Waals surface area contributed by atoms with Crippen molar-refractivity contribution in [1.82, 2.24) is 5.32 Å². The molecule has 1 heterocycles. The summed E-state index contributed by atoms with van der Waals surface area (Å²) in [6, 6.07) is 10.6. The molecule has 122 valence electrons. The monoisotopic (exact) mass is 352 g/mol. The van der Waals surface area contributed by atoms with Crippen LogP contribution in [0.3, 0.4) is 0 Å². The van der Waals surface area contributed by atoms with Gasteiger partial charge in [-0.05, 0) is 36.4 Å². The molecule has 0 aliphatic carbocycles. The molecule has 0 aliphatic heterocycles. The van der Waals surface area contributed by atoms with E-state index in [2.05, 4.69) is 10.6 Å². The first-order valence-corrected chi connectivity index (χ1v) is 8.35. The standard InChI is InChI=1S/C16H18ClN3O2S/c1-18-16(22)11-3-5-12(6-4-11)19-15(21)10-20(2)9-13-7-8-14(17)23-13/h3-8H,9-10H2,1-2H3,(H,18,22)(H,19,21)/p+1. The van der Waals surface area contributed by atoms with Crippen LogP contribution in [0.2, 0.25) is 4.34 Å². The van der Waals surface area contributed by atoms with E-state index in [1.807, 2.05) is 19.2 Å². The van der Waals surface area contributed by atoms with Crippen molar-refractivity contribution in [1.29, 1.82) is 0 Å². The maximum absolute atomic E-state index is 12.1. The van der Waals surface area contributed by atoms with Crippen molar-refractivity contribution in [3.8, 4) is 0 Å². The third kappa shape index (κ3) is 5.35. The Balaban J connectivity index is 1.85. The van der Waals surface area contributed by atoms with Gasteiger partial charge in [-0.1, -0.05) is 11.6 Å². The first-order chi connectivity index (χ1) is 11.0. The maximum atomic E-state index is 12.1. The van der Waals surface area contributed by atoms with Crippen LogP contribution in [0.5, 0.6) is 0 Å². The molecule has 0 aliphatic rings. The Hall–Kier alpha value is -1.89. The van der Waals surface area contributed by atoms with E-state index in [-0.39, 0.29) is 11.8 Å². The number of carbonyl (C=O) groups excluding carboxylic acids is 2. The molecular formula is C16H19ClN3O2S+. The molecule has 1 atom stereocenters. The fourth-order valence-corrected chi connectivity index (χ4v) is 3.34. The predicted octanol–water partition coefficient (Wildman–Crippen LogP) is 1.41. The summed E-state index contributed by atoms with van der Waals surface area (Å²) in [6.07, 6.45) is 0. The molecule has 0 bridgehead atoms. The number of thiophene rings is 1. The molecule has 1 unspecified atom stereocenters. The van der Waals surface area contributed by atoms with Crippen LogP contribution in [0, 0.1) is 0 Å². The van der Waals surface area contributed by atoms with Gasteiger partial charge in [-0.25, -0.2) is 0 Å².